The Labute approximate surface area is 178 Å². The highest BCUT2D eigenvalue weighted by molar-refractivity contribution is 14.1. The highest BCUT2D eigenvalue weighted by atomic mass is 127. The zero-order valence-electron chi connectivity index (χ0n) is 14.9. The maximum Gasteiger partial charge on any atom is 0.435 e. The van der Waals surface area contributed by atoms with Crippen molar-refractivity contribution in [3.63, 3.8) is 0 Å². The quantitative estimate of drug-likeness (QED) is 0.347. The predicted molar refractivity (Wildman–Crippen MR) is 110 cm³/mol. The molecule has 0 saturated carbocycles. The number of benzene rings is 1. The third-order valence-electron chi connectivity index (χ3n) is 3.97. The summed E-state index contributed by atoms with van der Waals surface area (Å²) in [4.78, 5) is 8.02. The van der Waals surface area contributed by atoms with Crippen LogP contribution in [0.4, 0.5) is 19.0 Å². The van der Waals surface area contributed by atoms with Crippen LogP contribution in [-0.2, 0) is 12.7 Å². The molecule has 1 N–H and O–H groups in total. The molecule has 10 heteroatoms. The second-order valence-electron chi connectivity index (χ2n) is 6.37. The van der Waals surface area contributed by atoms with Gasteiger partial charge in [0, 0.05) is 18.4 Å². The molecule has 2 heterocycles. The molecule has 3 rings (SSSR count). The van der Waals surface area contributed by atoms with Gasteiger partial charge in [0.05, 0.1) is 9.26 Å². The highest BCUT2D eigenvalue weighted by Crippen LogP contribution is 2.31. The SMILES string of the molecule is CC(C)c1cc(C(F)(F)F)nn1-c1ccc(CNc2nc(Cl)ncc2I)cc1. The average molecular weight is 522 g/mol. The summed E-state index contributed by atoms with van der Waals surface area (Å²) in [6.07, 6.45) is -2.86. The molecule has 0 bridgehead atoms. The van der Waals surface area contributed by atoms with Crippen molar-refractivity contribution in [2.24, 2.45) is 0 Å². The first-order chi connectivity index (χ1) is 13.1. The van der Waals surface area contributed by atoms with Gasteiger partial charge in [0.25, 0.3) is 0 Å². The minimum atomic E-state index is -4.48. The van der Waals surface area contributed by atoms with E-state index in [9.17, 15) is 13.2 Å². The number of nitrogens with zero attached hydrogens (tertiary/aromatic N) is 4. The van der Waals surface area contributed by atoms with Crippen LogP contribution in [0, 0.1) is 3.57 Å². The van der Waals surface area contributed by atoms with Crippen molar-refractivity contribution >= 4 is 40.0 Å². The first kappa shape index (κ1) is 20.8. The molecule has 148 valence electrons. The second kappa shape index (κ2) is 8.24. The molecule has 0 atom stereocenters. The zero-order valence-corrected chi connectivity index (χ0v) is 17.8. The van der Waals surface area contributed by atoms with E-state index in [4.69, 9.17) is 11.6 Å². The monoisotopic (exact) mass is 521 g/mol. The smallest absolute Gasteiger partial charge is 0.365 e. The normalized spacial score (nSPS) is 11.9. The molecule has 0 radical (unpaired) electrons. The average Bonchev–Trinajstić information content (AvgIpc) is 3.09. The van der Waals surface area contributed by atoms with Crippen LogP contribution < -0.4 is 5.32 Å². The lowest BCUT2D eigenvalue weighted by molar-refractivity contribution is -0.141. The maximum atomic E-state index is 13.0. The van der Waals surface area contributed by atoms with Crippen LogP contribution in [0.5, 0.6) is 0 Å². The molecule has 5 nitrogen and oxygen atoms in total. The molecule has 3 aromatic rings. The number of alkyl halides is 3. The molecule has 2 aromatic heterocycles. The van der Waals surface area contributed by atoms with Crippen LogP contribution in [-0.4, -0.2) is 19.7 Å². The maximum absolute atomic E-state index is 13.0. The van der Waals surface area contributed by atoms with Gasteiger partial charge in [-0.25, -0.2) is 9.67 Å². The van der Waals surface area contributed by atoms with Crippen LogP contribution in [0.2, 0.25) is 5.28 Å². The molecule has 0 unspecified atom stereocenters. The summed E-state index contributed by atoms with van der Waals surface area (Å²) in [5.41, 5.74) is 1.12. The molecule has 0 aliphatic carbocycles. The van der Waals surface area contributed by atoms with Gasteiger partial charge in [-0.05, 0) is 63.9 Å². The summed E-state index contributed by atoms with van der Waals surface area (Å²) < 4.78 is 41.3. The molecule has 0 amide bonds. The Morgan fingerprint density at radius 2 is 1.89 bits per heavy atom. The number of rotatable bonds is 5. The Balaban J connectivity index is 1.81. The fourth-order valence-corrected chi connectivity index (χ4v) is 3.15. The molecule has 0 aliphatic rings. The van der Waals surface area contributed by atoms with Gasteiger partial charge >= 0.3 is 6.18 Å². The number of nitrogens with one attached hydrogen (secondary N) is 1. The van der Waals surface area contributed by atoms with E-state index >= 15 is 0 Å². The van der Waals surface area contributed by atoms with Crippen molar-refractivity contribution in [3.05, 3.63) is 62.3 Å². The first-order valence-corrected chi connectivity index (χ1v) is 9.79. The number of halogens is 5. The lowest BCUT2D eigenvalue weighted by atomic mass is 10.1. The molecular formula is C18H16ClF3IN5. The van der Waals surface area contributed by atoms with Crippen LogP contribution in [0.15, 0.2) is 36.5 Å². The lowest BCUT2D eigenvalue weighted by Gasteiger charge is -2.11. The number of anilines is 1. The third kappa shape index (κ3) is 4.75. The van der Waals surface area contributed by atoms with Gasteiger partial charge in [-0.15, -0.1) is 0 Å². The van der Waals surface area contributed by atoms with Crippen molar-refractivity contribution < 1.29 is 13.2 Å². The molecule has 0 aliphatic heterocycles. The molecule has 0 spiro atoms. The molecule has 28 heavy (non-hydrogen) atoms. The minimum Gasteiger partial charge on any atom is -0.365 e. The second-order valence-corrected chi connectivity index (χ2v) is 7.87. The van der Waals surface area contributed by atoms with Crippen molar-refractivity contribution in [1.29, 1.82) is 0 Å². The summed E-state index contributed by atoms with van der Waals surface area (Å²) in [5, 5.41) is 7.08. The van der Waals surface area contributed by atoms with Gasteiger partial charge in [0.2, 0.25) is 5.28 Å². The number of hydrogen-bond acceptors (Lipinski definition) is 4. The summed E-state index contributed by atoms with van der Waals surface area (Å²) in [5.74, 6) is 0.517. The lowest BCUT2D eigenvalue weighted by Crippen LogP contribution is -2.08. The van der Waals surface area contributed by atoms with Gasteiger partial charge in [0.1, 0.15) is 5.82 Å². The number of hydrogen-bond donors (Lipinski definition) is 1. The summed E-state index contributed by atoms with van der Waals surface area (Å²) in [6.45, 7) is 4.15. The first-order valence-electron chi connectivity index (χ1n) is 8.33. The van der Waals surface area contributed by atoms with Crippen molar-refractivity contribution in [3.8, 4) is 5.69 Å². The van der Waals surface area contributed by atoms with E-state index in [-0.39, 0.29) is 11.2 Å². The van der Waals surface area contributed by atoms with Crippen molar-refractivity contribution in [2.45, 2.75) is 32.5 Å². The number of aromatic nitrogens is 4. The fourth-order valence-electron chi connectivity index (χ4n) is 2.56. The Bertz CT molecular complexity index is 970. The molecule has 0 fully saturated rings. The van der Waals surface area contributed by atoms with E-state index in [0.29, 0.717) is 23.7 Å². The molecule has 1 aromatic carbocycles. The topological polar surface area (TPSA) is 55.6 Å². The van der Waals surface area contributed by atoms with Crippen molar-refractivity contribution in [1.82, 2.24) is 19.7 Å². The van der Waals surface area contributed by atoms with Crippen LogP contribution in [0.3, 0.4) is 0 Å². The van der Waals surface area contributed by atoms with Crippen LogP contribution in [0.25, 0.3) is 5.69 Å². The Morgan fingerprint density at radius 3 is 2.50 bits per heavy atom. The van der Waals surface area contributed by atoms with Gasteiger partial charge in [-0.3, -0.25) is 0 Å². The highest BCUT2D eigenvalue weighted by Gasteiger charge is 2.35. The van der Waals surface area contributed by atoms with E-state index in [1.807, 2.05) is 26.0 Å². The van der Waals surface area contributed by atoms with Gasteiger partial charge < -0.3 is 5.32 Å². The Morgan fingerprint density at radius 1 is 1.21 bits per heavy atom. The summed E-state index contributed by atoms with van der Waals surface area (Å²) in [7, 11) is 0. The Kier molecular flexibility index (Phi) is 6.13. The van der Waals surface area contributed by atoms with E-state index in [0.717, 1.165) is 15.2 Å². The predicted octanol–water partition coefficient (Wildman–Crippen LogP) is 5.67. The van der Waals surface area contributed by atoms with E-state index in [1.54, 1.807) is 18.3 Å². The Hall–Kier alpha value is -1.88. The van der Waals surface area contributed by atoms with Crippen LogP contribution in [0.1, 0.15) is 36.7 Å². The molecule has 0 saturated heterocycles. The van der Waals surface area contributed by atoms with E-state index in [2.05, 4.69) is 43.0 Å². The van der Waals surface area contributed by atoms with Gasteiger partial charge in [-0.2, -0.15) is 23.3 Å². The fraction of sp³-hybridized carbons (Fsp3) is 0.278. The van der Waals surface area contributed by atoms with Gasteiger partial charge in [0.15, 0.2) is 5.69 Å². The molecular weight excluding hydrogens is 506 g/mol. The van der Waals surface area contributed by atoms with E-state index < -0.39 is 11.9 Å². The summed E-state index contributed by atoms with van der Waals surface area (Å²) >= 11 is 7.91. The van der Waals surface area contributed by atoms with Crippen molar-refractivity contribution in [2.75, 3.05) is 5.32 Å². The third-order valence-corrected chi connectivity index (χ3v) is 4.95. The summed E-state index contributed by atoms with van der Waals surface area (Å²) in [6, 6.07) is 8.25. The van der Waals surface area contributed by atoms with Crippen LogP contribution >= 0.6 is 34.2 Å². The van der Waals surface area contributed by atoms with E-state index in [1.165, 1.54) is 4.68 Å². The van der Waals surface area contributed by atoms with Gasteiger partial charge in [-0.1, -0.05) is 26.0 Å². The minimum absolute atomic E-state index is 0.102. The largest absolute Gasteiger partial charge is 0.435 e. The zero-order chi connectivity index (χ0) is 20.5. The standard InChI is InChI=1S/C18H16ClF3IN5/c1-10(2)14-7-15(18(20,21)22)27-28(14)12-5-3-11(4-6-12)8-24-16-13(23)9-25-17(19)26-16/h3-7,9-10H,8H2,1-2H3,(H,24,25,26).